The molecule has 5 nitrogen and oxygen atoms in total. The molecular formula is C22H31NO4. The lowest BCUT2D eigenvalue weighted by Crippen LogP contribution is -2.66. The normalized spacial score (nSPS) is 39.1. The molecule has 2 bridgehead atoms. The second-order valence-corrected chi connectivity index (χ2v) is 8.84. The van der Waals surface area contributed by atoms with Crippen molar-refractivity contribution in [3.63, 3.8) is 0 Å². The van der Waals surface area contributed by atoms with Crippen LogP contribution < -0.4 is 10.1 Å². The molecule has 1 N–H and O–H groups in total. The Labute approximate surface area is 161 Å². The molecule has 1 aromatic rings. The minimum absolute atomic E-state index is 0.0458. The number of nitrogens with one attached hydrogen (secondary N) is 1. The zero-order valence-electron chi connectivity index (χ0n) is 16.8. The van der Waals surface area contributed by atoms with Crippen molar-refractivity contribution in [2.24, 2.45) is 23.2 Å². The molecule has 0 unspecified atom stereocenters. The molecule has 2 aliphatic heterocycles. The fourth-order valence-electron chi connectivity index (χ4n) is 5.73. The molecular weight excluding hydrogens is 342 g/mol. The Bertz CT molecular complexity index is 722. The first kappa shape index (κ1) is 18.6. The highest BCUT2D eigenvalue weighted by Crippen LogP contribution is 2.63. The number of fused-ring (bicyclic) bond motifs is 3. The maximum absolute atomic E-state index is 12.0. The van der Waals surface area contributed by atoms with Gasteiger partial charge in [-0.15, -0.1) is 0 Å². The summed E-state index contributed by atoms with van der Waals surface area (Å²) >= 11 is 0. The van der Waals surface area contributed by atoms with Gasteiger partial charge >= 0.3 is 6.09 Å². The van der Waals surface area contributed by atoms with Crippen LogP contribution in [0.25, 0.3) is 0 Å². The summed E-state index contributed by atoms with van der Waals surface area (Å²) in [4.78, 5) is 12.0. The van der Waals surface area contributed by atoms with Crippen LogP contribution in [0.2, 0.25) is 0 Å². The van der Waals surface area contributed by atoms with E-state index in [4.69, 9.17) is 14.2 Å². The zero-order chi connectivity index (χ0) is 19.2. The van der Waals surface area contributed by atoms with E-state index in [-0.39, 0.29) is 29.1 Å². The van der Waals surface area contributed by atoms with Crippen molar-refractivity contribution < 1.29 is 19.0 Å². The van der Waals surface area contributed by atoms with Gasteiger partial charge in [-0.25, -0.2) is 4.79 Å². The summed E-state index contributed by atoms with van der Waals surface area (Å²) in [5, 5.41) is 2.81. The van der Waals surface area contributed by atoms with Gasteiger partial charge in [-0.05, 0) is 37.7 Å². The van der Waals surface area contributed by atoms with E-state index in [0.29, 0.717) is 31.6 Å². The number of ether oxygens (including phenoxy) is 3. The molecule has 1 saturated heterocycles. The Hall–Kier alpha value is -1.75. The lowest BCUT2D eigenvalue weighted by Gasteiger charge is -2.63. The van der Waals surface area contributed by atoms with Crippen LogP contribution in [0, 0.1) is 23.2 Å². The third-order valence-corrected chi connectivity index (χ3v) is 7.26. The maximum Gasteiger partial charge on any atom is 0.407 e. The third-order valence-electron chi connectivity index (χ3n) is 7.26. The highest BCUT2D eigenvalue weighted by molar-refractivity contribution is 5.67. The number of alkyl carbamates (subject to hydrolysis) is 1. The van der Waals surface area contributed by atoms with E-state index < -0.39 is 0 Å². The third kappa shape index (κ3) is 2.82. The van der Waals surface area contributed by atoms with Crippen molar-refractivity contribution in [2.75, 3.05) is 19.8 Å². The number of hydrogen-bond acceptors (Lipinski definition) is 4. The van der Waals surface area contributed by atoms with E-state index in [2.05, 4.69) is 32.2 Å². The van der Waals surface area contributed by atoms with Gasteiger partial charge in [0.2, 0.25) is 0 Å². The number of para-hydroxylation sites is 1. The first-order valence-electron chi connectivity index (χ1n) is 10.2. The number of rotatable bonds is 4. The lowest BCUT2D eigenvalue weighted by atomic mass is 9.50. The van der Waals surface area contributed by atoms with Crippen molar-refractivity contribution in [1.82, 2.24) is 5.32 Å². The topological polar surface area (TPSA) is 56.8 Å². The lowest BCUT2D eigenvalue weighted by molar-refractivity contribution is -0.259. The summed E-state index contributed by atoms with van der Waals surface area (Å²) in [6.07, 6.45) is 1.56. The molecule has 5 heteroatoms. The van der Waals surface area contributed by atoms with E-state index in [9.17, 15) is 4.79 Å². The Morgan fingerprint density at radius 3 is 2.89 bits per heavy atom. The van der Waals surface area contributed by atoms with Crippen LogP contribution in [0.4, 0.5) is 4.79 Å². The van der Waals surface area contributed by atoms with E-state index in [1.165, 1.54) is 0 Å². The van der Waals surface area contributed by atoms with Crippen molar-refractivity contribution >= 4 is 6.09 Å². The number of carbonyl (C=O) groups excluding carboxylic acids is 1. The van der Waals surface area contributed by atoms with Gasteiger partial charge in [0.05, 0.1) is 12.7 Å². The molecule has 2 heterocycles. The van der Waals surface area contributed by atoms with Crippen molar-refractivity contribution in [1.29, 1.82) is 0 Å². The van der Waals surface area contributed by atoms with Crippen molar-refractivity contribution in [2.45, 2.75) is 52.2 Å². The van der Waals surface area contributed by atoms with E-state index in [1.807, 2.05) is 25.1 Å². The number of amides is 1. The average Bonchev–Trinajstić information content (AvgIpc) is 2.64. The molecule has 0 spiro atoms. The highest BCUT2D eigenvalue weighted by Gasteiger charge is 2.64. The Morgan fingerprint density at radius 2 is 2.11 bits per heavy atom. The molecule has 3 aliphatic rings. The monoisotopic (exact) mass is 373 g/mol. The average molecular weight is 373 g/mol. The molecule has 27 heavy (non-hydrogen) atoms. The zero-order valence-corrected chi connectivity index (χ0v) is 16.8. The fraction of sp³-hybridized carbons (Fsp3) is 0.682. The Kier molecular flexibility index (Phi) is 4.61. The molecule has 148 valence electrons. The summed E-state index contributed by atoms with van der Waals surface area (Å²) in [7, 11) is 0. The number of hydrogen-bond donors (Lipinski definition) is 1. The largest absolute Gasteiger partial charge is 0.487 e. The van der Waals surface area contributed by atoms with E-state index in [0.717, 1.165) is 24.2 Å². The summed E-state index contributed by atoms with van der Waals surface area (Å²) < 4.78 is 18.7. The molecule has 1 aromatic carbocycles. The first-order valence-corrected chi connectivity index (χ1v) is 10.2. The van der Waals surface area contributed by atoms with Gasteiger partial charge in [-0.1, -0.05) is 39.0 Å². The van der Waals surface area contributed by atoms with Gasteiger partial charge in [0.1, 0.15) is 18.0 Å². The number of carbonyl (C=O) groups is 1. The molecule has 6 atom stereocenters. The summed E-state index contributed by atoms with van der Waals surface area (Å²) in [5.41, 5.74) is 0.725. The molecule has 0 radical (unpaired) electrons. The van der Waals surface area contributed by atoms with E-state index >= 15 is 0 Å². The summed E-state index contributed by atoms with van der Waals surface area (Å²) in [5.74, 6) is 1.86. The van der Waals surface area contributed by atoms with Crippen molar-refractivity contribution in [3.8, 4) is 5.75 Å². The molecule has 1 aliphatic carbocycles. The van der Waals surface area contributed by atoms with Crippen LogP contribution in [0.3, 0.4) is 0 Å². The summed E-state index contributed by atoms with van der Waals surface area (Å²) in [6, 6.07) is 8.24. The van der Waals surface area contributed by atoms with Crippen LogP contribution in [0.15, 0.2) is 24.3 Å². The van der Waals surface area contributed by atoms with Gasteiger partial charge < -0.3 is 19.5 Å². The minimum atomic E-state index is -0.327. The Morgan fingerprint density at radius 1 is 1.33 bits per heavy atom. The molecule has 2 fully saturated rings. The summed E-state index contributed by atoms with van der Waals surface area (Å²) in [6.45, 7) is 10.4. The van der Waals surface area contributed by atoms with Gasteiger partial charge in [-0.2, -0.15) is 0 Å². The predicted molar refractivity (Wildman–Crippen MR) is 103 cm³/mol. The molecule has 1 amide bonds. The highest BCUT2D eigenvalue weighted by atomic mass is 16.6. The van der Waals surface area contributed by atoms with Crippen molar-refractivity contribution in [3.05, 3.63) is 29.8 Å². The van der Waals surface area contributed by atoms with E-state index in [1.54, 1.807) is 0 Å². The van der Waals surface area contributed by atoms with Gasteiger partial charge in [0.15, 0.2) is 0 Å². The van der Waals surface area contributed by atoms with Crippen LogP contribution >= 0.6 is 0 Å². The molecule has 1 saturated carbocycles. The Balaban J connectivity index is 1.61. The second kappa shape index (κ2) is 6.69. The smallest absolute Gasteiger partial charge is 0.407 e. The number of benzene rings is 1. The van der Waals surface area contributed by atoms with Crippen LogP contribution in [0.1, 0.15) is 52.2 Å². The van der Waals surface area contributed by atoms with Crippen LogP contribution in [-0.2, 0) is 9.47 Å². The predicted octanol–water partition coefficient (Wildman–Crippen LogP) is 4.32. The van der Waals surface area contributed by atoms with Crippen LogP contribution in [0.5, 0.6) is 5.75 Å². The standard InChI is InChI=1S/C22H31NO4/c1-5-10-23-20(24)26-13-22-12-25-19-16-8-6-7-9-17(16)27-21(4,11-14(22)2)18(19)15(22)3/h6-9,14-15,18-19H,5,10-13H2,1-4H3,(H,23,24)/t14-,15-,18+,19+,21+,22+/m0/s1. The van der Waals surface area contributed by atoms with Gasteiger partial charge in [0.25, 0.3) is 0 Å². The quantitative estimate of drug-likeness (QED) is 0.854. The van der Waals surface area contributed by atoms with Crippen LogP contribution in [-0.4, -0.2) is 31.5 Å². The van der Waals surface area contributed by atoms with Gasteiger partial charge in [-0.3, -0.25) is 0 Å². The first-order chi connectivity index (χ1) is 12.9. The minimum Gasteiger partial charge on any atom is -0.487 e. The maximum atomic E-state index is 12.0. The van der Waals surface area contributed by atoms with Gasteiger partial charge in [0, 0.05) is 23.4 Å². The molecule has 4 rings (SSSR count). The molecule has 0 aromatic heterocycles. The fourth-order valence-corrected chi connectivity index (χ4v) is 5.73. The second-order valence-electron chi connectivity index (χ2n) is 8.84. The SMILES string of the molecule is CCCNC(=O)OC[C@]12CO[C@@H]3c4ccccc4O[C@](C)(C[C@@H]1C)[C@@H]3[C@@H]2C.